The smallest absolute Gasteiger partial charge is 0.129 e. The molecule has 0 aliphatic heterocycles. The molecule has 0 radical (unpaired) electrons. The van der Waals surface area contributed by atoms with Crippen molar-refractivity contribution in [2.24, 2.45) is 0 Å². The lowest BCUT2D eigenvalue weighted by Gasteiger charge is -2.09. The number of fused-ring (bicyclic) bond motifs is 1. The Kier molecular flexibility index (Phi) is 4.93. The number of allylic oxidation sites excluding steroid dienone is 2. The van der Waals surface area contributed by atoms with Crippen LogP contribution in [0.4, 0.5) is 8.78 Å². The van der Waals surface area contributed by atoms with Crippen LogP contribution in [0.25, 0.3) is 10.9 Å². The molecule has 5 heteroatoms. The molecule has 2 heterocycles. The highest BCUT2D eigenvalue weighted by molar-refractivity contribution is 5.86. The molecule has 0 aliphatic carbocycles. The first-order valence-corrected chi connectivity index (χ1v) is 8.38. The highest BCUT2D eigenvalue weighted by atomic mass is 19.1. The summed E-state index contributed by atoms with van der Waals surface area (Å²) in [6, 6.07) is 3.70. The fourth-order valence-electron chi connectivity index (χ4n) is 3.15. The summed E-state index contributed by atoms with van der Waals surface area (Å²) in [6.07, 6.45) is 6.89. The standard InChI is InChI=1S/C20H21F2N3/c1-4-5-10-25-14(3)13(2)17-12-23-24-19(20(17)25)9-7-15-6-8-16(21)11-18(15)22/h4-6,8,11-12H,7,9-10H2,1-3H3. The van der Waals surface area contributed by atoms with Crippen LogP contribution < -0.4 is 0 Å². The SMILES string of the molecule is CC=CCn1c(C)c(C)c2cnnc(CCc3ccc(F)cc3F)c21. The van der Waals surface area contributed by atoms with Crippen molar-refractivity contribution >= 4 is 10.9 Å². The van der Waals surface area contributed by atoms with Gasteiger partial charge in [0, 0.05) is 23.7 Å². The Morgan fingerprint density at radius 1 is 1.16 bits per heavy atom. The van der Waals surface area contributed by atoms with Gasteiger partial charge in [0.15, 0.2) is 0 Å². The van der Waals surface area contributed by atoms with Gasteiger partial charge in [-0.1, -0.05) is 18.2 Å². The largest absolute Gasteiger partial charge is 0.339 e. The molecule has 3 rings (SSSR count). The van der Waals surface area contributed by atoms with Gasteiger partial charge in [0.05, 0.1) is 17.4 Å². The molecule has 0 aliphatic rings. The van der Waals surface area contributed by atoms with Crippen LogP contribution in [-0.4, -0.2) is 14.8 Å². The van der Waals surface area contributed by atoms with Crippen molar-refractivity contribution in [3.05, 3.63) is 70.7 Å². The molecule has 130 valence electrons. The van der Waals surface area contributed by atoms with Crippen LogP contribution >= 0.6 is 0 Å². The van der Waals surface area contributed by atoms with Crippen LogP contribution in [0.2, 0.25) is 0 Å². The van der Waals surface area contributed by atoms with E-state index in [1.54, 1.807) is 6.20 Å². The van der Waals surface area contributed by atoms with E-state index in [4.69, 9.17) is 0 Å². The molecular formula is C20H21F2N3. The second-order valence-electron chi connectivity index (χ2n) is 6.18. The molecule has 0 bridgehead atoms. The Balaban J connectivity index is 1.99. The molecule has 3 nitrogen and oxygen atoms in total. The number of benzene rings is 1. The van der Waals surface area contributed by atoms with Gasteiger partial charge in [0.1, 0.15) is 11.6 Å². The second kappa shape index (κ2) is 7.13. The molecule has 1 aromatic carbocycles. The molecule has 0 unspecified atom stereocenters. The van der Waals surface area contributed by atoms with Gasteiger partial charge in [0.2, 0.25) is 0 Å². The Morgan fingerprint density at radius 2 is 1.96 bits per heavy atom. The molecule has 25 heavy (non-hydrogen) atoms. The Morgan fingerprint density at radius 3 is 2.68 bits per heavy atom. The molecule has 0 saturated carbocycles. The molecule has 0 saturated heterocycles. The summed E-state index contributed by atoms with van der Waals surface area (Å²) in [6.45, 7) is 6.92. The monoisotopic (exact) mass is 341 g/mol. The van der Waals surface area contributed by atoms with E-state index < -0.39 is 11.6 Å². The van der Waals surface area contributed by atoms with Crippen molar-refractivity contribution in [3.8, 4) is 0 Å². The quantitative estimate of drug-likeness (QED) is 0.631. The van der Waals surface area contributed by atoms with E-state index >= 15 is 0 Å². The van der Waals surface area contributed by atoms with E-state index in [-0.39, 0.29) is 0 Å². The van der Waals surface area contributed by atoms with Gasteiger partial charge in [-0.05, 0) is 50.8 Å². The highest BCUT2D eigenvalue weighted by Gasteiger charge is 2.16. The van der Waals surface area contributed by atoms with E-state index in [9.17, 15) is 8.78 Å². The van der Waals surface area contributed by atoms with Crippen molar-refractivity contribution in [2.45, 2.75) is 40.2 Å². The van der Waals surface area contributed by atoms with Crippen molar-refractivity contribution in [2.75, 3.05) is 0 Å². The summed E-state index contributed by atoms with van der Waals surface area (Å²) in [5.41, 5.74) is 4.73. The van der Waals surface area contributed by atoms with Gasteiger partial charge in [-0.3, -0.25) is 0 Å². The first-order valence-electron chi connectivity index (χ1n) is 8.38. The maximum Gasteiger partial charge on any atom is 0.129 e. The van der Waals surface area contributed by atoms with Crippen molar-refractivity contribution in [3.63, 3.8) is 0 Å². The number of halogens is 2. The molecule has 2 aromatic heterocycles. The highest BCUT2D eigenvalue weighted by Crippen LogP contribution is 2.27. The normalized spacial score (nSPS) is 11.7. The van der Waals surface area contributed by atoms with Crippen LogP contribution in [0.3, 0.4) is 0 Å². The number of nitrogens with zero attached hydrogens (tertiary/aromatic N) is 3. The second-order valence-corrected chi connectivity index (χ2v) is 6.18. The van der Waals surface area contributed by atoms with Crippen LogP contribution in [-0.2, 0) is 19.4 Å². The summed E-state index contributed by atoms with van der Waals surface area (Å²) in [7, 11) is 0. The molecule has 3 aromatic rings. The minimum absolute atomic E-state index is 0.451. The van der Waals surface area contributed by atoms with Crippen molar-refractivity contribution in [1.82, 2.24) is 14.8 Å². The number of hydrogen-bond acceptors (Lipinski definition) is 2. The average molecular weight is 341 g/mol. The lowest BCUT2D eigenvalue weighted by Crippen LogP contribution is -2.04. The van der Waals surface area contributed by atoms with Gasteiger partial charge in [-0.2, -0.15) is 10.2 Å². The topological polar surface area (TPSA) is 30.7 Å². The first-order chi connectivity index (χ1) is 12.0. The van der Waals surface area contributed by atoms with Crippen LogP contribution in [0.5, 0.6) is 0 Å². The van der Waals surface area contributed by atoms with E-state index in [0.29, 0.717) is 18.4 Å². The third-order valence-corrected chi connectivity index (χ3v) is 4.69. The molecule has 0 N–H and O–H groups in total. The average Bonchev–Trinajstić information content (AvgIpc) is 2.84. The molecule has 0 spiro atoms. The van der Waals surface area contributed by atoms with E-state index in [1.165, 1.54) is 23.4 Å². The van der Waals surface area contributed by atoms with Gasteiger partial charge >= 0.3 is 0 Å². The summed E-state index contributed by atoms with van der Waals surface area (Å²) in [4.78, 5) is 0. The van der Waals surface area contributed by atoms with Gasteiger partial charge in [-0.25, -0.2) is 8.78 Å². The Bertz CT molecular complexity index is 942. The van der Waals surface area contributed by atoms with Crippen LogP contribution in [0.15, 0.2) is 36.5 Å². The summed E-state index contributed by atoms with van der Waals surface area (Å²) in [5.74, 6) is -1.08. The molecule has 0 fully saturated rings. The zero-order valence-electron chi connectivity index (χ0n) is 14.7. The fraction of sp³-hybridized carbons (Fsp3) is 0.300. The lowest BCUT2D eigenvalue weighted by atomic mass is 10.1. The predicted octanol–water partition coefficient (Wildman–Crippen LogP) is 4.69. The summed E-state index contributed by atoms with van der Waals surface area (Å²) >= 11 is 0. The molecular weight excluding hydrogens is 320 g/mol. The van der Waals surface area contributed by atoms with Crippen LogP contribution in [0.1, 0.15) is 29.4 Å². The van der Waals surface area contributed by atoms with Gasteiger partial charge in [0.25, 0.3) is 0 Å². The zero-order valence-corrected chi connectivity index (χ0v) is 14.7. The van der Waals surface area contributed by atoms with E-state index in [2.05, 4.69) is 34.7 Å². The third kappa shape index (κ3) is 3.31. The maximum atomic E-state index is 13.9. The minimum atomic E-state index is -0.561. The molecule has 0 amide bonds. The summed E-state index contributed by atoms with van der Waals surface area (Å²) in [5, 5.41) is 9.50. The Labute approximate surface area is 146 Å². The van der Waals surface area contributed by atoms with E-state index in [0.717, 1.165) is 29.2 Å². The van der Waals surface area contributed by atoms with Crippen molar-refractivity contribution < 1.29 is 8.78 Å². The number of aryl methyl sites for hydroxylation is 3. The van der Waals surface area contributed by atoms with Crippen LogP contribution in [0, 0.1) is 25.5 Å². The lowest BCUT2D eigenvalue weighted by molar-refractivity contribution is 0.571. The predicted molar refractivity (Wildman–Crippen MR) is 95.6 cm³/mol. The number of aromatic nitrogens is 3. The zero-order chi connectivity index (χ0) is 18.0. The summed E-state index contributed by atoms with van der Waals surface area (Å²) < 4.78 is 29.2. The number of hydrogen-bond donors (Lipinski definition) is 0. The first kappa shape index (κ1) is 17.3. The number of rotatable bonds is 5. The van der Waals surface area contributed by atoms with Gasteiger partial charge < -0.3 is 4.57 Å². The molecule has 0 atom stereocenters. The third-order valence-electron chi connectivity index (χ3n) is 4.69. The minimum Gasteiger partial charge on any atom is -0.339 e. The fourth-order valence-corrected chi connectivity index (χ4v) is 3.15. The maximum absolute atomic E-state index is 13.9. The van der Waals surface area contributed by atoms with E-state index in [1.807, 2.05) is 13.0 Å². The van der Waals surface area contributed by atoms with Crippen molar-refractivity contribution in [1.29, 1.82) is 0 Å². The van der Waals surface area contributed by atoms with Gasteiger partial charge in [-0.15, -0.1) is 0 Å². The Hall–Kier alpha value is -2.56.